The van der Waals surface area contributed by atoms with Crippen LogP contribution in [0.3, 0.4) is 0 Å². The second-order valence-electron chi connectivity index (χ2n) is 6.30. The van der Waals surface area contributed by atoms with Gasteiger partial charge in [-0.15, -0.1) is 0 Å². The van der Waals surface area contributed by atoms with Gasteiger partial charge in [-0.3, -0.25) is 4.90 Å². The maximum atomic E-state index is 9.56. The Morgan fingerprint density at radius 1 is 1.09 bits per heavy atom. The molecule has 0 atom stereocenters. The summed E-state index contributed by atoms with van der Waals surface area (Å²) in [6, 6.07) is 16.3. The van der Waals surface area contributed by atoms with Crippen LogP contribution in [0.1, 0.15) is 24.0 Å². The molecule has 1 aliphatic heterocycles. The molecule has 1 saturated heterocycles. The first kappa shape index (κ1) is 15.8. The zero-order valence-corrected chi connectivity index (χ0v) is 13.4. The molecule has 0 aromatic heterocycles. The Bertz CT molecular complexity index is 622. The van der Waals surface area contributed by atoms with Crippen LogP contribution in [0, 0.1) is 0 Å². The minimum atomic E-state index is 0.272. The Balaban J connectivity index is 1.45. The van der Waals surface area contributed by atoms with Crippen LogP contribution in [0.2, 0.25) is 0 Å². The largest absolute Gasteiger partial charge is 0.508 e. The van der Waals surface area contributed by atoms with E-state index in [1.54, 1.807) is 18.2 Å². The molecule has 0 amide bonds. The number of phenols is 1. The summed E-state index contributed by atoms with van der Waals surface area (Å²) in [5.74, 6) is 0.272. The Morgan fingerprint density at radius 2 is 1.83 bits per heavy atom. The molecule has 4 heteroatoms. The van der Waals surface area contributed by atoms with Crippen molar-refractivity contribution in [1.82, 2.24) is 10.2 Å². The fraction of sp³-hybridized carbons (Fsp3) is 0.368. The van der Waals surface area contributed by atoms with Crippen LogP contribution in [-0.2, 0) is 13.1 Å². The predicted molar refractivity (Wildman–Crippen MR) is 94.1 cm³/mol. The van der Waals surface area contributed by atoms with Gasteiger partial charge in [-0.2, -0.15) is 0 Å². The van der Waals surface area contributed by atoms with E-state index in [4.69, 9.17) is 5.73 Å². The quantitative estimate of drug-likeness (QED) is 0.587. The third-order valence-corrected chi connectivity index (χ3v) is 4.54. The lowest BCUT2D eigenvalue weighted by Crippen LogP contribution is -2.41. The fourth-order valence-electron chi connectivity index (χ4n) is 3.14. The predicted octanol–water partition coefficient (Wildman–Crippen LogP) is 2.73. The first-order valence-electron chi connectivity index (χ1n) is 8.28. The standard InChI is InChI=1S/C19H25N3O/c20-19-7-6-18(23)12-16(19)13-21-17-8-10-22(11-9-17)14-15-4-2-1-3-5-15/h1-7,12,17,21,23H,8-11,13-14,20H2. The Hall–Kier alpha value is -2.04. The third-order valence-electron chi connectivity index (χ3n) is 4.54. The molecule has 2 aromatic rings. The van der Waals surface area contributed by atoms with Crippen molar-refractivity contribution in [2.75, 3.05) is 18.8 Å². The number of phenolic OH excluding ortho intramolecular Hbond substituents is 1. The van der Waals surface area contributed by atoms with E-state index in [1.807, 2.05) is 0 Å². The molecule has 0 unspecified atom stereocenters. The molecule has 23 heavy (non-hydrogen) atoms. The van der Waals surface area contributed by atoms with Gasteiger partial charge in [0.25, 0.3) is 0 Å². The Kier molecular flexibility index (Phi) is 5.16. The second-order valence-corrected chi connectivity index (χ2v) is 6.30. The van der Waals surface area contributed by atoms with Crippen molar-refractivity contribution in [1.29, 1.82) is 0 Å². The summed E-state index contributed by atoms with van der Waals surface area (Å²) in [6.07, 6.45) is 2.29. The van der Waals surface area contributed by atoms with Crippen LogP contribution >= 0.6 is 0 Å². The highest BCUT2D eigenvalue weighted by atomic mass is 16.3. The summed E-state index contributed by atoms with van der Waals surface area (Å²) in [7, 11) is 0. The number of anilines is 1. The maximum absolute atomic E-state index is 9.56. The lowest BCUT2D eigenvalue weighted by atomic mass is 10.0. The fourth-order valence-corrected chi connectivity index (χ4v) is 3.14. The molecule has 122 valence electrons. The van der Waals surface area contributed by atoms with E-state index >= 15 is 0 Å². The van der Waals surface area contributed by atoms with Crippen LogP contribution < -0.4 is 11.1 Å². The normalized spacial score (nSPS) is 16.5. The lowest BCUT2D eigenvalue weighted by molar-refractivity contribution is 0.190. The maximum Gasteiger partial charge on any atom is 0.116 e. The number of benzene rings is 2. The van der Waals surface area contributed by atoms with Crippen LogP contribution in [0.25, 0.3) is 0 Å². The molecule has 1 fully saturated rings. The topological polar surface area (TPSA) is 61.5 Å². The van der Waals surface area contributed by atoms with Crippen molar-refractivity contribution in [2.45, 2.75) is 32.0 Å². The van der Waals surface area contributed by atoms with Crippen molar-refractivity contribution < 1.29 is 5.11 Å². The average Bonchev–Trinajstić information content (AvgIpc) is 2.58. The molecule has 4 N–H and O–H groups in total. The Morgan fingerprint density at radius 3 is 2.57 bits per heavy atom. The number of rotatable bonds is 5. The highest BCUT2D eigenvalue weighted by molar-refractivity contribution is 5.50. The molecule has 0 radical (unpaired) electrons. The minimum absolute atomic E-state index is 0.272. The summed E-state index contributed by atoms with van der Waals surface area (Å²) in [5.41, 5.74) is 9.04. The number of nitrogens with two attached hydrogens (primary N) is 1. The first-order valence-corrected chi connectivity index (χ1v) is 8.28. The average molecular weight is 311 g/mol. The van der Waals surface area contributed by atoms with E-state index in [9.17, 15) is 5.11 Å². The summed E-state index contributed by atoms with van der Waals surface area (Å²) in [4.78, 5) is 2.51. The van der Waals surface area contributed by atoms with Crippen LogP contribution in [0.5, 0.6) is 5.75 Å². The number of nitrogens with zero attached hydrogens (tertiary/aromatic N) is 1. The Labute approximate surface area is 137 Å². The number of nitrogens with one attached hydrogen (secondary N) is 1. The lowest BCUT2D eigenvalue weighted by Gasteiger charge is -2.32. The van der Waals surface area contributed by atoms with Gasteiger partial charge in [0.05, 0.1) is 0 Å². The van der Waals surface area contributed by atoms with Gasteiger partial charge in [-0.25, -0.2) is 0 Å². The van der Waals surface area contributed by atoms with Crippen molar-refractivity contribution in [2.24, 2.45) is 0 Å². The SMILES string of the molecule is Nc1ccc(O)cc1CNC1CCN(Cc2ccccc2)CC1. The van der Waals surface area contributed by atoms with Crippen molar-refractivity contribution in [3.05, 3.63) is 59.7 Å². The molecule has 0 aliphatic carbocycles. The highest BCUT2D eigenvalue weighted by Crippen LogP contribution is 2.19. The van der Waals surface area contributed by atoms with Gasteiger partial charge in [-0.1, -0.05) is 30.3 Å². The molecule has 0 spiro atoms. The number of piperidine rings is 1. The van der Waals surface area contributed by atoms with Gasteiger partial charge in [-0.05, 0) is 55.3 Å². The van der Waals surface area contributed by atoms with Gasteiger partial charge < -0.3 is 16.2 Å². The number of hydrogen-bond donors (Lipinski definition) is 3. The van der Waals surface area contributed by atoms with Gasteiger partial charge >= 0.3 is 0 Å². The number of likely N-dealkylation sites (tertiary alicyclic amines) is 1. The monoisotopic (exact) mass is 311 g/mol. The second kappa shape index (κ2) is 7.49. The molecule has 3 rings (SSSR count). The summed E-state index contributed by atoms with van der Waals surface area (Å²) in [6.45, 7) is 3.97. The smallest absolute Gasteiger partial charge is 0.116 e. The molecule has 1 aliphatic rings. The zero-order valence-electron chi connectivity index (χ0n) is 13.4. The van der Waals surface area contributed by atoms with E-state index in [0.717, 1.165) is 43.7 Å². The van der Waals surface area contributed by atoms with Gasteiger partial charge in [0.1, 0.15) is 5.75 Å². The minimum Gasteiger partial charge on any atom is -0.508 e. The van der Waals surface area contributed by atoms with E-state index in [2.05, 4.69) is 40.5 Å². The molecular weight excluding hydrogens is 286 g/mol. The molecular formula is C19H25N3O. The van der Waals surface area contributed by atoms with Gasteiger partial charge in [0.15, 0.2) is 0 Å². The van der Waals surface area contributed by atoms with Crippen LogP contribution in [-0.4, -0.2) is 29.1 Å². The number of nitrogen functional groups attached to an aromatic ring is 1. The number of aromatic hydroxyl groups is 1. The van der Waals surface area contributed by atoms with Crippen LogP contribution in [0.15, 0.2) is 48.5 Å². The molecule has 0 saturated carbocycles. The molecule has 2 aromatic carbocycles. The first-order chi connectivity index (χ1) is 11.2. The van der Waals surface area contributed by atoms with Gasteiger partial charge in [0.2, 0.25) is 0 Å². The van der Waals surface area contributed by atoms with Crippen molar-refractivity contribution in [3.63, 3.8) is 0 Å². The summed E-state index contributed by atoms with van der Waals surface area (Å²) in [5, 5.41) is 13.1. The molecule has 0 bridgehead atoms. The van der Waals surface area contributed by atoms with E-state index in [-0.39, 0.29) is 5.75 Å². The summed E-state index contributed by atoms with van der Waals surface area (Å²) < 4.78 is 0. The molecule has 1 heterocycles. The highest BCUT2D eigenvalue weighted by Gasteiger charge is 2.19. The zero-order chi connectivity index (χ0) is 16.1. The summed E-state index contributed by atoms with van der Waals surface area (Å²) >= 11 is 0. The van der Waals surface area contributed by atoms with Gasteiger partial charge in [0, 0.05) is 24.8 Å². The van der Waals surface area contributed by atoms with Crippen molar-refractivity contribution >= 4 is 5.69 Å². The van der Waals surface area contributed by atoms with Crippen molar-refractivity contribution in [3.8, 4) is 5.75 Å². The molecule has 4 nitrogen and oxygen atoms in total. The van der Waals surface area contributed by atoms with E-state index in [1.165, 1.54) is 5.56 Å². The third kappa shape index (κ3) is 4.47. The van der Waals surface area contributed by atoms with E-state index in [0.29, 0.717) is 12.6 Å². The van der Waals surface area contributed by atoms with Crippen LogP contribution in [0.4, 0.5) is 5.69 Å². The van der Waals surface area contributed by atoms with E-state index < -0.39 is 0 Å². The number of hydrogen-bond acceptors (Lipinski definition) is 4.